The molecule has 0 fully saturated rings. The van der Waals surface area contributed by atoms with Gasteiger partial charge >= 0.3 is 0 Å². The molecule has 20 rings (SSSR count). The van der Waals surface area contributed by atoms with Crippen LogP contribution in [0.3, 0.4) is 0 Å². The number of nitrogens with two attached hydrogens (primary N) is 7. The van der Waals surface area contributed by atoms with Crippen molar-refractivity contribution in [2.24, 2.45) is 50.1 Å². The lowest BCUT2D eigenvalue weighted by Gasteiger charge is -2.15. The Morgan fingerprint density at radius 1 is 0.351 bits per heavy atom. The van der Waals surface area contributed by atoms with Crippen molar-refractivity contribution in [3.8, 4) is 77.9 Å². The molecule has 0 spiro atoms. The summed E-state index contributed by atoms with van der Waals surface area (Å²) in [7, 11) is -3.53. The molecule has 16 nitrogen and oxygen atoms in total. The predicted molar refractivity (Wildman–Crippen MR) is 572 cm³/mol. The van der Waals surface area contributed by atoms with E-state index in [1.54, 1.807) is 12.1 Å². The van der Waals surface area contributed by atoms with Crippen LogP contribution in [-0.4, -0.2) is 104 Å². The van der Waals surface area contributed by atoms with E-state index in [9.17, 15) is 8.42 Å². The first-order valence-electron chi connectivity index (χ1n) is 46.8. The highest BCUT2D eigenvalue weighted by molar-refractivity contribution is 7.92. The van der Waals surface area contributed by atoms with Crippen molar-refractivity contribution >= 4 is 127 Å². The van der Waals surface area contributed by atoms with Crippen molar-refractivity contribution in [2.45, 2.75) is 94.0 Å². The molecule has 4 aromatic heterocycles. The summed E-state index contributed by atoms with van der Waals surface area (Å²) in [5.41, 5.74) is 67.8. The monoisotopic (exact) mass is 1840 g/mol. The number of aryl methyl sites for hydroxylation is 4. The molecule has 20 heteroatoms. The maximum absolute atomic E-state index is 13.3. The van der Waals surface area contributed by atoms with Gasteiger partial charge in [0.2, 0.25) is 9.84 Å². The molecule has 0 aliphatic carbocycles. The number of pyridine rings is 1. The second-order valence-electron chi connectivity index (χ2n) is 34.7. The smallest absolute Gasteiger partial charge is 0.207 e. The van der Waals surface area contributed by atoms with Gasteiger partial charge in [-0.3, -0.25) is 15.0 Å². The summed E-state index contributed by atoms with van der Waals surface area (Å²) in [6.07, 6.45) is 18.4. The number of hydrogen-bond donors (Lipinski definition) is 11. The molecule has 3 aliphatic rings. The summed E-state index contributed by atoms with van der Waals surface area (Å²) in [5.74, 6) is 0.801. The van der Waals surface area contributed by atoms with E-state index in [2.05, 4.69) is 285 Å². The van der Waals surface area contributed by atoms with Crippen LogP contribution in [0.15, 0.2) is 317 Å². The van der Waals surface area contributed by atoms with Gasteiger partial charge in [0.25, 0.3) is 0 Å². The first-order valence-corrected chi connectivity index (χ1v) is 50.7. The van der Waals surface area contributed by atoms with Crippen LogP contribution in [-0.2, 0) is 48.6 Å². The van der Waals surface area contributed by atoms with E-state index >= 15 is 0 Å². The number of aromatic nitrogens is 1. The molecule has 0 bridgehead atoms. The first kappa shape index (κ1) is 93.3. The van der Waals surface area contributed by atoms with Gasteiger partial charge < -0.3 is 61.4 Å². The standard InChI is InChI=1S/C33H35N5S.C30H30N2O2S.C29H31N5S.C22H22N2S/c1-22(34)37-16-4-8-23-6-2-10-25(18-23)27-12-14-31-29(20-27)30-21-28(13-15-32(30)39-31)26-11-3-7-24(19-26)9-5-17-38-33(35)36;31-15-3-7-21-5-1-9-23(17-21)25-11-13-29-27(19-25)28-20-26(12-14-30(28)35(29,33)34)24-10-2-6-22(18-24)8-4-16-32;30-8-10-32-16-20-2-1-3-22(12-20)23-4-6-28-26(14-23)27-15-24(5-7-29(27)35-28)25-13-21(18-34-19-25)17-33-11-9-31;1-3-21-19(13-17(1)15-5-9-23-10-6-15)20-14-18(2-4-22(20)25-21)16-7-11-24-12-8-16/h2-3,6-7,10-15,18-21H,4-5,8-9,16-17H2,1H3,(H2,34,37)(H4,35,36,38);1-2,5-6,9-14,17-20H,3-4,7-8,15-16,31-32H2;1-7,12-15,18-19,32-33H,8-11,16-17,30-31H2;1-5,7,13-14,23-24H,6,8-12H2. The minimum Gasteiger partial charge on any atom is -0.388 e. The largest absolute Gasteiger partial charge is 0.388 e. The normalized spacial score (nSPS) is 13.4. The number of nitrogens with zero attached hydrogens (tertiary/aromatic N) is 3. The molecule has 0 saturated carbocycles. The van der Waals surface area contributed by atoms with Crippen LogP contribution in [0.5, 0.6) is 0 Å². The number of guanidine groups is 1. The molecule has 0 radical (unpaired) electrons. The van der Waals surface area contributed by atoms with Gasteiger partial charge in [-0.15, -0.1) is 34.0 Å². The van der Waals surface area contributed by atoms with E-state index in [-0.39, 0.29) is 5.96 Å². The summed E-state index contributed by atoms with van der Waals surface area (Å²) in [6.45, 7) is 13.2. The fourth-order valence-corrected chi connectivity index (χ4v) is 23.0. The van der Waals surface area contributed by atoms with Crippen molar-refractivity contribution in [1.82, 2.24) is 26.3 Å². The van der Waals surface area contributed by atoms with Crippen LogP contribution in [0.2, 0.25) is 0 Å². The van der Waals surface area contributed by atoms with Crippen LogP contribution in [0.25, 0.3) is 150 Å². The molecule has 0 unspecified atom stereocenters. The van der Waals surface area contributed by atoms with E-state index in [4.69, 9.17) is 40.1 Å². The fraction of sp³-hybridized carbons (Fsp3) is 0.219. The average molecular weight is 1840 g/mol. The SMILES string of the molecule is C1=C(c2ccc3sc4ccc(C5=CCNCC5)cc4c3c2)CCNC1.CC(N)=NCCCc1cccc(-c2ccc3sc4ccc(-c5cccc(CCCN=C(N)N)c5)cc4c3c2)c1.NCCCc1cccc(-c2ccc3c(c2)-c2cc(-c4cccc(CCCN)c4)ccc2S3(=O)=O)c1.NCCNCc1cccc(-c2ccc3sc4ccc(-c5cncc(CNCCN)c5)cc4c3c2)c1. The minimum atomic E-state index is -3.53. The Morgan fingerprint density at radius 3 is 1.04 bits per heavy atom. The highest BCUT2D eigenvalue weighted by Crippen LogP contribution is 2.48. The number of hydrogen-bond acceptors (Lipinski definition) is 16. The fourth-order valence-electron chi connectivity index (χ4n) is 18.2. The molecular weight excluding hydrogens is 1730 g/mol. The number of sulfone groups is 1. The zero-order valence-corrected chi connectivity index (χ0v) is 79.4. The molecule has 3 aliphatic heterocycles. The van der Waals surface area contributed by atoms with Gasteiger partial charge in [-0.25, -0.2) is 8.42 Å². The van der Waals surface area contributed by atoms with Crippen molar-refractivity contribution in [1.29, 1.82) is 0 Å². The third-order valence-corrected chi connectivity index (χ3v) is 30.4. The van der Waals surface area contributed by atoms with E-state index < -0.39 is 9.84 Å². The van der Waals surface area contributed by atoms with Gasteiger partial charge in [0.05, 0.1) is 15.6 Å². The van der Waals surface area contributed by atoms with Crippen LogP contribution in [0.1, 0.15) is 90.0 Å². The molecule has 13 aromatic carbocycles. The van der Waals surface area contributed by atoms with E-state index in [1.807, 2.05) is 77.6 Å². The summed E-state index contributed by atoms with van der Waals surface area (Å²) in [5, 5.41) is 21.6. The Bertz CT molecular complexity index is 6900. The van der Waals surface area contributed by atoms with E-state index in [0.29, 0.717) is 48.4 Å². The van der Waals surface area contributed by atoms with E-state index in [1.165, 1.54) is 150 Å². The van der Waals surface area contributed by atoms with Gasteiger partial charge in [-0.2, -0.15) is 0 Å². The highest BCUT2D eigenvalue weighted by Gasteiger charge is 2.34. The lowest BCUT2D eigenvalue weighted by molar-refractivity contribution is 0.598. The number of thiophene rings is 3. The zero-order valence-electron chi connectivity index (χ0n) is 76.1. The molecule has 7 heterocycles. The predicted octanol–water partition coefficient (Wildman–Crippen LogP) is 22.2. The Morgan fingerprint density at radius 2 is 0.672 bits per heavy atom. The number of nitrogens with one attached hydrogen (secondary N) is 4. The molecule has 0 saturated heterocycles. The number of rotatable bonds is 30. The van der Waals surface area contributed by atoms with Gasteiger partial charge in [-0.05, 0) is 323 Å². The third-order valence-electron chi connectivity index (χ3n) is 25.1. The Labute approximate surface area is 798 Å². The molecule has 17 aromatic rings. The molecular formula is C114H118N14O2S4. The molecule has 680 valence electrons. The number of aliphatic imine (C=N–C) groups is 2. The van der Waals surface area contributed by atoms with Gasteiger partial charge in [0.1, 0.15) is 0 Å². The van der Waals surface area contributed by atoms with Gasteiger partial charge in [0.15, 0.2) is 5.96 Å². The Kier molecular flexibility index (Phi) is 31.0. The molecule has 0 atom stereocenters. The zero-order chi connectivity index (χ0) is 92.3. The Hall–Kier alpha value is -12.5. The van der Waals surface area contributed by atoms with Crippen LogP contribution >= 0.6 is 34.0 Å². The van der Waals surface area contributed by atoms with Crippen LogP contribution < -0.4 is 61.4 Å². The van der Waals surface area contributed by atoms with Gasteiger partial charge in [-0.1, -0.05) is 176 Å². The summed E-state index contributed by atoms with van der Waals surface area (Å²) in [6, 6.07) is 98.0. The van der Waals surface area contributed by atoms with Crippen molar-refractivity contribution in [3.05, 3.63) is 342 Å². The van der Waals surface area contributed by atoms with E-state index in [0.717, 1.165) is 168 Å². The minimum absolute atomic E-state index is 0.152. The van der Waals surface area contributed by atoms with Crippen molar-refractivity contribution in [2.75, 3.05) is 78.5 Å². The lowest BCUT2D eigenvalue weighted by Crippen LogP contribution is -2.23. The van der Waals surface area contributed by atoms with Crippen molar-refractivity contribution in [3.63, 3.8) is 0 Å². The number of fused-ring (bicyclic) bond motifs is 12. The average Bonchev–Trinajstić information content (AvgIpc) is 1.60. The summed E-state index contributed by atoms with van der Waals surface area (Å²) < 4.78 is 34.6. The summed E-state index contributed by atoms with van der Waals surface area (Å²) in [4.78, 5) is 13.7. The second-order valence-corrected chi connectivity index (χ2v) is 39.8. The Balaban J connectivity index is 0.000000126. The number of amidine groups is 1. The molecule has 18 N–H and O–H groups in total. The second kappa shape index (κ2) is 44.6. The van der Waals surface area contributed by atoms with Crippen LogP contribution in [0, 0.1) is 0 Å². The van der Waals surface area contributed by atoms with Crippen molar-refractivity contribution < 1.29 is 8.42 Å². The maximum Gasteiger partial charge on any atom is 0.207 e. The lowest BCUT2D eigenvalue weighted by atomic mass is 9.94. The maximum atomic E-state index is 13.3. The molecule has 134 heavy (non-hydrogen) atoms. The summed E-state index contributed by atoms with van der Waals surface area (Å²) >= 11 is 5.60. The van der Waals surface area contributed by atoms with Crippen LogP contribution in [0.4, 0.5) is 0 Å². The topological polar surface area (TPSA) is 302 Å². The first-order chi connectivity index (χ1) is 65.6. The highest BCUT2D eigenvalue weighted by atomic mass is 32.2. The quantitative estimate of drug-likeness (QED) is 0.0113. The number of benzene rings is 13. The van der Waals surface area contributed by atoms with Gasteiger partial charge in [0, 0.05) is 155 Å². The third kappa shape index (κ3) is 22.8. The molecule has 0 amide bonds.